The smallest absolute Gasteiger partial charge is 0.227 e. The molecule has 1 amide bonds. The molecule has 0 aliphatic carbocycles. The molecule has 1 fully saturated rings. The van der Waals surface area contributed by atoms with E-state index in [0.29, 0.717) is 18.9 Å². The molecular weight excluding hydrogens is 224 g/mol. The first-order valence-corrected chi connectivity index (χ1v) is 6.74. The average Bonchev–Trinajstić information content (AvgIpc) is 2.39. The second-order valence-corrected chi connectivity index (χ2v) is 5.27. The quantitative estimate of drug-likeness (QED) is 0.884. The van der Waals surface area contributed by atoms with Crippen LogP contribution in [-0.4, -0.2) is 29.9 Å². The van der Waals surface area contributed by atoms with E-state index in [0.717, 1.165) is 24.9 Å². The topological polar surface area (TPSA) is 46.3 Å². The summed E-state index contributed by atoms with van der Waals surface area (Å²) in [7, 11) is 0. The van der Waals surface area contributed by atoms with Gasteiger partial charge in [-0.3, -0.25) is 4.79 Å². The molecule has 1 aliphatic rings. The highest BCUT2D eigenvalue weighted by atomic mass is 16.2. The minimum absolute atomic E-state index is 0.212. The van der Waals surface area contributed by atoms with Gasteiger partial charge in [-0.1, -0.05) is 37.3 Å². The van der Waals surface area contributed by atoms with Crippen molar-refractivity contribution in [1.29, 1.82) is 0 Å². The maximum absolute atomic E-state index is 12.3. The third kappa shape index (κ3) is 3.10. The molecule has 0 spiro atoms. The summed E-state index contributed by atoms with van der Waals surface area (Å²) in [5.41, 5.74) is 6.87. The molecule has 2 rings (SSSR count). The number of benzene rings is 1. The number of nitrogens with two attached hydrogens (primary N) is 1. The van der Waals surface area contributed by atoms with E-state index in [2.05, 4.69) is 6.92 Å². The molecule has 0 radical (unpaired) electrons. The first-order chi connectivity index (χ1) is 8.70. The van der Waals surface area contributed by atoms with Crippen LogP contribution in [0.3, 0.4) is 0 Å². The molecule has 18 heavy (non-hydrogen) atoms. The van der Waals surface area contributed by atoms with Crippen LogP contribution >= 0.6 is 0 Å². The lowest BCUT2D eigenvalue weighted by Crippen LogP contribution is -2.49. The minimum Gasteiger partial charge on any atom is -0.338 e. The van der Waals surface area contributed by atoms with Gasteiger partial charge in [0.1, 0.15) is 0 Å². The van der Waals surface area contributed by atoms with Gasteiger partial charge in [0.05, 0.1) is 6.42 Å². The standard InChI is InChI=1S/C15H22N2O/c1-12-7-8-17(14(9-12)11-16)15(18)10-13-5-3-2-4-6-13/h2-6,12,14H,7-11,16H2,1H3. The zero-order valence-corrected chi connectivity index (χ0v) is 11.0. The first-order valence-electron chi connectivity index (χ1n) is 6.74. The number of hydrogen-bond donors (Lipinski definition) is 1. The number of hydrogen-bond acceptors (Lipinski definition) is 2. The Morgan fingerprint density at radius 1 is 1.39 bits per heavy atom. The predicted molar refractivity (Wildman–Crippen MR) is 73.1 cm³/mol. The van der Waals surface area contributed by atoms with Crippen LogP contribution in [-0.2, 0) is 11.2 Å². The van der Waals surface area contributed by atoms with Gasteiger partial charge in [0.15, 0.2) is 0 Å². The lowest BCUT2D eigenvalue weighted by Gasteiger charge is -2.38. The molecule has 1 aromatic rings. The van der Waals surface area contributed by atoms with Gasteiger partial charge in [0.25, 0.3) is 0 Å². The zero-order valence-electron chi connectivity index (χ0n) is 11.0. The van der Waals surface area contributed by atoms with Crippen LogP contribution in [0, 0.1) is 5.92 Å². The highest BCUT2D eigenvalue weighted by molar-refractivity contribution is 5.79. The van der Waals surface area contributed by atoms with Gasteiger partial charge < -0.3 is 10.6 Å². The Morgan fingerprint density at radius 2 is 2.11 bits per heavy atom. The SMILES string of the molecule is CC1CCN(C(=O)Cc2ccccc2)C(CN)C1. The molecule has 0 bridgehead atoms. The van der Waals surface area contributed by atoms with Gasteiger partial charge >= 0.3 is 0 Å². The largest absolute Gasteiger partial charge is 0.338 e. The van der Waals surface area contributed by atoms with Crippen molar-refractivity contribution in [2.45, 2.75) is 32.2 Å². The van der Waals surface area contributed by atoms with Crippen LogP contribution in [0.15, 0.2) is 30.3 Å². The van der Waals surface area contributed by atoms with Crippen molar-refractivity contribution in [3.05, 3.63) is 35.9 Å². The fourth-order valence-corrected chi connectivity index (χ4v) is 2.68. The van der Waals surface area contributed by atoms with E-state index in [-0.39, 0.29) is 11.9 Å². The number of carbonyl (C=O) groups excluding carboxylic acids is 1. The molecule has 1 aromatic carbocycles. The van der Waals surface area contributed by atoms with E-state index < -0.39 is 0 Å². The van der Waals surface area contributed by atoms with Crippen molar-refractivity contribution >= 4 is 5.91 Å². The molecule has 98 valence electrons. The molecule has 0 saturated carbocycles. The monoisotopic (exact) mass is 246 g/mol. The van der Waals surface area contributed by atoms with Crippen LogP contribution in [0.2, 0.25) is 0 Å². The first kappa shape index (κ1) is 13.1. The van der Waals surface area contributed by atoms with Gasteiger partial charge in [0, 0.05) is 19.1 Å². The molecule has 1 aliphatic heterocycles. The Balaban J connectivity index is 1.99. The third-order valence-corrected chi connectivity index (χ3v) is 3.77. The van der Waals surface area contributed by atoms with Crippen molar-refractivity contribution < 1.29 is 4.79 Å². The van der Waals surface area contributed by atoms with E-state index in [1.807, 2.05) is 35.2 Å². The van der Waals surface area contributed by atoms with Crippen molar-refractivity contribution in [3.63, 3.8) is 0 Å². The maximum atomic E-state index is 12.3. The highest BCUT2D eigenvalue weighted by Gasteiger charge is 2.28. The number of likely N-dealkylation sites (tertiary alicyclic amines) is 1. The van der Waals surface area contributed by atoms with Crippen LogP contribution < -0.4 is 5.73 Å². The fourth-order valence-electron chi connectivity index (χ4n) is 2.68. The van der Waals surface area contributed by atoms with Crippen molar-refractivity contribution in [1.82, 2.24) is 4.90 Å². The van der Waals surface area contributed by atoms with Crippen molar-refractivity contribution in [2.24, 2.45) is 11.7 Å². The van der Waals surface area contributed by atoms with Gasteiger partial charge in [-0.05, 0) is 24.3 Å². The average molecular weight is 246 g/mol. The summed E-state index contributed by atoms with van der Waals surface area (Å²) >= 11 is 0. The molecular formula is C15H22N2O. The normalized spacial score (nSPS) is 24.0. The molecule has 1 saturated heterocycles. The van der Waals surface area contributed by atoms with Gasteiger partial charge in [-0.15, -0.1) is 0 Å². The predicted octanol–water partition coefficient (Wildman–Crippen LogP) is 1.81. The summed E-state index contributed by atoms with van der Waals surface area (Å²) in [6.45, 7) is 3.67. The maximum Gasteiger partial charge on any atom is 0.227 e. The molecule has 2 atom stereocenters. The summed E-state index contributed by atoms with van der Waals surface area (Å²) in [5, 5.41) is 0. The van der Waals surface area contributed by atoms with E-state index in [4.69, 9.17) is 5.73 Å². The number of carbonyl (C=O) groups is 1. The molecule has 1 heterocycles. The van der Waals surface area contributed by atoms with Gasteiger partial charge in [-0.25, -0.2) is 0 Å². The number of piperidine rings is 1. The second kappa shape index (κ2) is 6.01. The summed E-state index contributed by atoms with van der Waals surface area (Å²) in [6, 6.07) is 10.1. The van der Waals surface area contributed by atoms with Crippen LogP contribution in [0.5, 0.6) is 0 Å². The van der Waals surface area contributed by atoms with Crippen LogP contribution in [0.25, 0.3) is 0 Å². The molecule has 0 aromatic heterocycles. The Hall–Kier alpha value is -1.35. The number of nitrogens with zero attached hydrogens (tertiary/aromatic N) is 1. The van der Waals surface area contributed by atoms with Crippen LogP contribution in [0.1, 0.15) is 25.3 Å². The third-order valence-electron chi connectivity index (χ3n) is 3.77. The lowest BCUT2D eigenvalue weighted by atomic mass is 9.92. The van der Waals surface area contributed by atoms with E-state index in [9.17, 15) is 4.79 Å². The van der Waals surface area contributed by atoms with E-state index in [1.165, 1.54) is 0 Å². The summed E-state index contributed by atoms with van der Waals surface area (Å²) in [6.07, 6.45) is 2.62. The Morgan fingerprint density at radius 3 is 2.78 bits per heavy atom. The van der Waals surface area contributed by atoms with Gasteiger partial charge in [0.2, 0.25) is 5.91 Å². The van der Waals surface area contributed by atoms with Crippen molar-refractivity contribution in [3.8, 4) is 0 Å². The highest BCUT2D eigenvalue weighted by Crippen LogP contribution is 2.22. The van der Waals surface area contributed by atoms with Crippen molar-refractivity contribution in [2.75, 3.05) is 13.1 Å². The Labute approximate surface area is 109 Å². The summed E-state index contributed by atoms with van der Waals surface area (Å²) < 4.78 is 0. The van der Waals surface area contributed by atoms with E-state index >= 15 is 0 Å². The lowest BCUT2D eigenvalue weighted by molar-refractivity contribution is -0.134. The summed E-state index contributed by atoms with van der Waals surface area (Å²) in [5.74, 6) is 0.892. The van der Waals surface area contributed by atoms with Crippen LogP contribution in [0.4, 0.5) is 0 Å². The molecule has 3 nitrogen and oxygen atoms in total. The Kier molecular flexibility index (Phi) is 4.37. The summed E-state index contributed by atoms with van der Waals surface area (Å²) in [4.78, 5) is 14.3. The molecule has 2 N–H and O–H groups in total. The van der Waals surface area contributed by atoms with E-state index in [1.54, 1.807) is 0 Å². The number of amides is 1. The van der Waals surface area contributed by atoms with Gasteiger partial charge in [-0.2, -0.15) is 0 Å². The minimum atomic E-state index is 0.212. The zero-order chi connectivity index (χ0) is 13.0. The fraction of sp³-hybridized carbons (Fsp3) is 0.533. The number of rotatable bonds is 3. The second-order valence-electron chi connectivity index (χ2n) is 5.27. The molecule has 2 unspecified atom stereocenters. The Bertz CT molecular complexity index is 391. The molecule has 3 heteroatoms.